The van der Waals surface area contributed by atoms with Crippen molar-refractivity contribution in [3.05, 3.63) is 23.8 Å². The summed E-state index contributed by atoms with van der Waals surface area (Å²) in [6.07, 6.45) is 3.76. The average Bonchev–Trinajstić information content (AvgIpc) is 2.44. The second-order valence-corrected chi connectivity index (χ2v) is 6.04. The van der Waals surface area contributed by atoms with Gasteiger partial charge in [0.15, 0.2) is 11.5 Å². The van der Waals surface area contributed by atoms with Gasteiger partial charge >= 0.3 is 0 Å². The number of nitrogens with one attached hydrogen (secondary N) is 1. The van der Waals surface area contributed by atoms with Gasteiger partial charge in [0.2, 0.25) is 0 Å². The number of aromatic hydroxyl groups is 1. The van der Waals surface area contributed by atoms with Gasteiger partial charge in [0.25, 0.3) is 0 Å². The highest BCUT2D eigenvalue weighted by Gasteiger charge is 2.24. The zero-order valence-electron chi connectivity index (χ0n) is 12.9. The molecule has 0 aromatic heterocycles. The van der Waals surface area contributed by atoms with Crippen LogP contribution in [0.25, 0.3) is 0 Å². The Kier molecular flexibility index (Phi) is 5.30. The van der Waals surface area contributed by atoms with Crippen molar-refractivity contribution < 1.29 is 9.84 Å². The zero-order chi connectivity index (χ0) is 14.5. The second kappa shape index (κ2) is 6.98. The molecular formula is C17H27NO2. The summed E-state index contributed by atoms with van der Waals surface area (Å²) < 4.78 is 5.42. The van der Waals surface area contributed by atoms with Gasteiger partial charge in [0, 0.05) is 18.2 Å². The van der Waals surface area contributed by atoms with E-state index < -0.39 is 0 Å². The summed E-state index contributed by atoms with van der Waals surface area (Å²) >= 11 is 0. The van der Waals surface area contributed by atoms with Crippen LogP contribution >= 0.6 is 0 Å². The number of benzene rings is 1. The van der Waals surface area contributed by atoms with Gasteiger partial charge in [-0.05, 0) is 44.1 Å². The molecule has 0 spiro atoms. The van der Waals surface area contributed by atoms with Crippen LogP contribution < -0.4 is 10.1 Å². The van der Waals surface area contributed by atoms with Crippen molar-refractivity contribution in [3.63, 3.8) is 0 Å². The van der Waals surface area contributed by atoms with Crippen LogP contribution in [0.4, 0.5) is 0 Å². The molecule has 1 aromatic carbocycles. The number of rotatable bonds is 5. The average molecular weight is 277 g/mol. The maximum Gasteiger partial charge on any atom is 0.162 e. The first-order valence-electron chi connectivity index (χ1n) is 7.78. The van der Waals surface area contributed by atoms with Crippen molar-refractivity contribution in [2.24, 2.45) is 11.8 Å². The van der Waals surface area contributed by atoms with Crippen LogP contribution in [0.1, 0.15) is 45.6 Å². The number of hydrogen-bond acceptors (Lipinski definition) is 3. The lowest BCUT2D eigenvalue weighted by molar-refractivity contribution is 0.225. The molecule has 3 nitrogen and oxygen atoms in total. The van der Waals surface area contributed by atoms with Crippen molar-refractivity contribution in [3.8, 4) is 11.5 Å². The molecule has 0 aliphatic heterocycles. The molecule has 3 atom stereocenters. The van der Waals surface area contributed by atoms with Gasteiger partial charge in [-0.2, -0.15) is 0 Å². The number of hydrogen-bond donors (Lipinski definition) is 2. The molecular weight excluding hydrogens is 250 g/mol. The standard InChI is InChI=1S/C17H27NO2/c1-4-20-16-7-5-6-14(17(16)19)11-18-15-9-8-12(2)13(3)10-15/h5-7,12-13,15,18-19H,4,8-11H2,1-3H3. The lowest BCUT2D eigenvalue weighted by Gasteiger charge is -2.32. The fourth-order valence-corrected chi connectivity index (χ4v) is 2.97. The van der Waals surface area contributed by atoms with E-state index in [1.807, 2.05) is 25.1 Å². The molecule has 0 radical (unpaired) electrons. The molecule has 1 aliphatic rings. The minimum absolute atomic E-state index is 0.277. The predicted molar refractivity (Wildman–Crippen MR) is 82.1 cm³/mol. The van der Waals surface area contributed by atoms with E-state index in [-0.39, 0.29) is 5.75 Å². The van der Waals surface area contributed by atoms with Crippen LogP contribution in [0.3, 0.4) is 0 Å². The van der Waals surface area contributed by atoms with Gasteiger partial charge in [-0.1, -0.05) is 26.0 Å². The molecule has 0 heterocycles. The van der Waals surface area contributed by atoms with E-state index in [2.05, 4.69) is 19.2 Å². The van der Waals surface area contributed by atoms with Gasteiger partial charge in [-0.25, -0.2) is 0 Å². The molecule has 1 aliphatic carbocycles. The highest BCUT2D eigenvalue weighted by Crippen LogP contribution is 2.32. The summed E-state index contributed by atoms with van der Waals surface area (Å²) in [5, 5.41) is 13.8. The monoisotopic (exact) mass is 277 g/mol. The fraction of sp³-hybridized carbons (Fsp3) is 0.647. The largest absolute Gasteiger partial charge is 0.504 e. The van der Waals surface area contributed by atoms with E-state index in [0.29, 0.717) is 24.9 Å². The first-order chi connectivity index (χ1) is 9.61. The van der Waals surface area contributed by atoms with Crippen molar-refractivity contribution in [1.82, 2.24) is 5.32 Å². The highest BCUT2D eigenvalue weighted by atomic mass is 16.5. The van der Waals surface area contributed by atoms with Gasteiger partial charge in [-0.15, -0.1) is 0 Å². The van der Waals surface area contributed by atoms with Crippen molar-refractivity contribution in [1.29, 1.82) is 0 Å². The molecule has 2 rings (SSSR count). The molecule has 0 saturated heterocycles. The Balaban J connectivity index is 1.92. The van der Waals surface area contributed by atoms with Crippen LogP contribution in [0.5, 0.6) is 11.5 Å². The maximum atomic E-state index is 10.2. The normalized spacial score (nSPS) is 26.4. The van der Waals surface area contributed by atoms with Gasteiger partial charge in [0.05, 0.1) is 6.61 Å². The minimum atomic E-state index is 0.277. The third kappa shape index (κ3) is 3.66. The molecule has 112 valence electrons. The highest BCUT2D eigenvalue weighted by molar-refractivity contribution is 5.45. The van der Waals surface area contributed by atoms with E-state index in [9.17, 15) is 5.11 Å². The fourth-order valence-electron chi connectivity index (χ4n) is 2.97. The molecule has 0 bridgehead atoms. The number of phenolic OH excluding ortho intramolecular Hbond substituents is 1. The Hall–Kier alpha value is -1.22. The van der Waals surface area contributed by atoms with E-state index in [1.54, 1.807) is 0 Å². The van der Waals surface area contributed by atoms with Crippen molar-refractivity contribution in [2.45, 2.75) is 52.6 Å². The molecule has 3 heteroatoms. The Labute approximate surface area is 122 Å². The Morgan fingerprint density at radius 1 is 1.25 bits per heavy atom. The number of ether oxygens (including phenoxy) is 1. The SMILES string of the molecule is CCOc1cccc(CNC2CCC(C)C(C)C2)c1O. The second-order valence-electron chi connectivity index (χ2n) is 6.04. The minimum Gasteiger partial charge on any atom is -0.504 e. The topological polar surface area (TPSA) is 41.5 Å². The van der Waals surface area contributed by atoms with Gasteiger partial charge < -0.3 is 15.2 Å². The first kappa shape index (κ1) is 15.2. The summed E-state index contributed by atoms with van der Waals surface area (Å²) in [6, 6.07) is 6.27. The molecule has 1 saturated carbocycles. The molecule has 1 fully saturated rings. The van der Waals surface area contributed by atoms with Crippen molar-refractivity contribution >= 4 is 0 Å². The van der Waals surface area contributed by atoms with Gasteiger partial charge in [0.1, 0.15) is 0 Å². The van der Waals surface area contributed by atoms with E-state index in [4.69, 9.17) is 4.74 Å². The molecule has 2 N–H and O–H groups in total. The smallest absolute Gasteiger partial charge is 0.162 e. The Bertz CT molecular complexity index is 433. The third-order valence-corrected chi connectivity index (χ3v) is 4.56. The van der Waals surface area contributed by atoms with E-state index >= 15 is 0 Å². The van der Waals surface area contributed by atoms with Crippen LogP contribution in [-0.4, -0.2) is 17.8 Å². The van der Waals surface area contributed by atoms with Crippen LogP contribution in [0.15, 0.2) is 18.2 Å². The zero-order valence-corrected chi connectivity index (χ0v) is 12.9. The lowest BCUT2D eigenvalue weighted by Crippen LogP contribution is -2.35. The predicted octanol–water partition coefficient (Wildman–Crippen LogP) is 3.71. The molecule has 1 aromatic rings. The van der Waals surface area contributed by atoms with Crippen LogP contribution in [0.2, 0.25) is 0 Å². The number of para-hydroxylation sites is 1. The summed E-state index contributed by atoms with van der Waals surface area (Å²) in [6.45, 7) is 7.89. The Morgan fingerprint density at radius 3 is 2.75 bits per heavy atom. The summed E-state index contributed by atoms with van der Waals surface area (Å²) in [5.74, 6) is 2.48. The number of phenols is 1. The van der Waals surface area contributed by atoms with Crippen molar-refractivity contribution in [2.75, 3.05) is 6.61 Å². The first-order valence-corrected chi connectivity index (χ1v) is 7.78. The summed E-state index contributed by atoms with van der Waals surface area (Å²) in [5.41, 5.74) is 0.919. The van der Waals surface area contributed by atoms with Gasteiger partial charge in [-0.3, -0.25) is 0 Å². The van der Waals surface area contributed by atoms with E-state index in [0.717, 1.165) is 17.4 Å². The van der Waals surface area contributed by atoms with Crippen LogP contribution in [0, 0.1) is 11.8 Å². The summed E-state index contributed by atoms with van der Waals surface area (Å²) in [7, 11) is 0. The molecule has 20 heavy (non-hydrogen) atoms. The third-order valence-electron chi connectivity index (χ3n) is 4.56. The quantitative estimate of drug-likeness (QED) is 0.862. The Morgan fingerprint density at radius 2 is 2.05 bits per heavy atom. The summed E-state index contributed by atoms with van der Waals surface area (Å²) in [4.78, 5) is 0. The molecule has 3 unspecified atom stereocenters. The lowest BCUT2D eigenvalue weighted by atomic mass is 9.79. The van der Waals surface area contributed by atoms with E-state index in [1.165, 1.54) is 19.3 Å². The van der Waals surface area contributed by atoms with Crippen LogP contribution in [-0.2, 0) is 6.54 Å². The maximum absolute atomic E-state index is 10.2. The molecule has 0 amide bonds.